The predicted molar refractivity (Wildman–Crippen MR) is 106 cm³/mol. The summed E-state index contributed by atoms with van der Waals surface area (Å²) in [6, 6.07) is 28.4. The van der Waals surface area contributed by atoms with Crippen molar-refractivity contribution in [2.24, 2.45) is 0 Å². The molecule has 4 rings (SSSR count). The normalized spacial score (nSPS) is 18.1. The molecule has 0 saturated carbocycles. The molecular weight excluding hydrogens is 334 g/mol. The number of aryl methyl sites for hydroxylation is 1. The van der Waals surface area contributed by atoms with Gasteiger partial charge in [0.15, 0.2) is 6.10 Å². The second kappa shape index (κ2) is 7.77. The largest absolute Gasteiger partial charge is 0.354 e. The molecule has 3 aromatic carbocycles. The lowest BCUT2D eigenvalue weighted by Crippen LogP contribution is -2.33. The number of nitrogens with zero attached hydrogens (tertiary/aromatic N) is 1. The molecule has 0 N–H and O–H groups in total. The third-order valence-corrected chi connectivity index (χ3v) is 4.89. The molecule has 3 aromatic rings. The number of carbonyl (C=O) groups is 1. The second-order valence-electron chi connectivity index (χ2n) is 7.05. The molecule has 3 nitrogen and oxygen atoms in total. The lowest BCUT2D eigenvalue weighted by atomic mass is 10.1. The average Bonchev–Trinajstić information content (AvgIpc) is 3.50. The fourth-order valence-corrected chi connectivity index (χ4v) is 3.31. The van der Waals surface area contributed by atoms with E-state index in [-0.39, 0.29) is 18.1 Å². The Kier molecular flexibility index (Phi) is 5.03. The molecule has 0 unspecified atom stereocenters. The maximum absolute atomic E-state index is 13.2. The van der Waals surface area contributed by atoms with Gasteiger partial charge in [-0.15, -0.1) is 0 Å². The minimum absolute atomic E-state index is 0.0493. The van der Waals surface area contributed by atoms with Gasteiger partial charge in [0, 0.05) is 13.1 Å². The van der Waals surface area contributed by atoms with Gasteiger partial charge >= 0.3 is 0 Å². The molecular formula is C24H23NO2. The van der Waals surface area contributed by atoms with Crippen LogP contribution in [0.4, 0.5) is 0 Å². The highest BCUT2D eigenvalue weighted by atomic mass is 16.6. The third kappa shape index (κ3) is 4.26. The van der Waals surface area contributed by atoms with Gasteiger partial charge in [-0.3, -0.25) is 4.79 Å². The molecule has 0 bridgehead atoms. The summed E-state index contributed by atoms with van der Waals surface area (Å²) in [5.74, 6) is 0.0493. The summed E-state index contributed by atoms with van der Waals surface area (Å²) in [5.41, 5.74) is 4.51. The third-order valence-electron chi connectivity index (χ3n) is 4.89. The number of ether oxygens (including phenoxy) is 1. The molecule has 1 fully saturated rings. The van der Waals surface area contributed by atoms with E-state index in [0.29, 0.717) is 13.1 Å². The number of hydrogen-bond donors (Lipinski definition) is 0. The minimum Gasteiger partial charge on any atom is -0.354 e. The van der Waals surface area contributed by atoms with E-state index in [1.165, 1.54) is 5.56 Å². The molecule has 2 atom stereocenters. The highest BCUT2D eigenvalue weighted by Crippen LogP contribution is 2.40. The molecule has 1 aliphatic heterocycles. The molecule has 1 saturated heterocycles. The fourth-order valence-electron chi connectivity index (χ4n) is 3.31. The lowest BCUT2D eigenvalue weighted by molar-refractivity contribution is -0.133. The molecule has 3 heteroatoms. The van der Waals surface area contributed by atoms with Crippen molar-refractivity contribution in [2.45, 2.75) is 32.2 Å². The standard InChI is InChI=1S/C24H23NO2/c1-18-12-14-21(15-13-18)22-23(27-22)24(26)25(16-19-8-4-2-5-9-19)17-20-10-6-3-7-11-20/h2-15,22-23H,16-17H2,1H3/t22-,23+/m0/s1. The Morgan fingerprint density at radius 3 is 1.85 bits per heavy atom. The maximum atomic E-state index is 13.2. The Morgan fingerprint density at radius 1 is 0.815 bits per heavy atom. The van der Waals surface area contributed by atoms with Crippen LogP contribution >= 0.6 is 0 Å². The smallest absolute Gasteiger partial charge is 0.255 e. The summed E-state index contributed by atoms with van der Waals surface area (Å²) in [6.45, 7) is 3.21. The summed E-state index contributed by atoms with van der Waals surface area (Å²) in [5, 5.41) is 0. The molecule has 1 amide bonds. The number of amides is 1. The monoisotopic (exact) mass is 357 g/mol. The van der Waals surface area contributed by atoms with Gasteiger partial charge in [0.1, 0.15) is 6.10 Å². The van der Waals surface area contributed by atoms with Crippen molar-refractivity contribution in [1.82, 2.24) is 4.90 Å². The Bertz CT molecular complexity index is 849. The summed E-state index contributed by atoms with van der Waals surface area (Å²) < 4.78 is 5.77. The Morgan fingerprint density at radius 2 is 1.33 bits per heavy atom. The van der Waals surface area contributed by atoms with E-state index in [1.54, 1.807) is 0 Å². The van der Waals surface area contributed by atoms with Gasteiger partial charge in [-0.1, -0.05) is 90.5 Å². The number of benzene rings is 3. The van der Waals surface area contributed by atoms with Gasteiger partial charge in [0.2, 0.25) is 0 Å². The molecule has 27 heavy (non-hydrogen) atoms. The van der Waals surface area contributed by atoms with E-state index < -0.39 is 0 Å². The van der Waals surface area contributed by atoms with E-state index in [9.17, 15) is 4.79 Å². The van der Waals surface area contributed by atoms with Crippen LogP contribution in [0.3, 0.4) is 0 Å². The molecule has 0 radical (unpaired) electrons. The fraction of sp³-hybridized carbons (Fsp3) is 0.208. The van der Waals surface area contributed by atoms with Crippen molar-refractivity contribution in [3.63, 3.8) is 0 Å². The van der Waals surface area contributed by atoms with E-state index in [0.717, 1.165) is 16.7 Å². The van der Waals surface area contributed by atoms with Gasteiger partial charge in [0.05, 0.1) is 0 Å². The van der Waals surface area contributed by atoms with Crippen LogP contribution in [-0.4, -0.2) is 16.9 Å². The zero-order valence-corrected chi connectivity index (χ0v) is 15.4. The van der Waals surface area contributed by atoms with Crippen molar-refractivity contribution >= 4 is 5.91 Å². The average molecular weight is 357 g/mol. The maximum Gasteiger partial charge on any atom is 0.255 e. The van der Waals surface area contributed by atoms with Crippen LogP contribution in [0.25, 0.3) is 0 Å². The summed E-state index contributed by atoms with van der Waals surface area (Å²) >= 11 is 0. The van der Waals surface area contributed by atoms with Gasteiger partial charge in [0.25, 0.3) is 5.91 Å². The Hall–Kier alpha value is -2.91. The van der Waals surface area contributed by atoms with Crippen LogP contribution in [0.15, 0.2) is 84.9 Å². The number of carbonyl (C=O) groups excluding carboxylic acids is 1. The highest BCUT2D eigenvalue weighted by molar-refractivity contribution is 5.84. The van der Waals surface area contributed by atoms with Crippen LogP contribution in [0.5, 0.6) is 0 Å². The number of hydrogen-bond acceptors (Lipinski definition) is 2. The predicted octanol–water partition coefficient (Wildman–Crippen LogP) is 4.66. The second-order valence-corrected chi connectivity index (χ2v) is 7.05. The topological polar surface area (TPSA) is 32.8 Å². The first-order valence-electron chi connectivity index (χ1n) is 9.29. The van der Waals surface area contributed by atoms with Crippen molar-refractivity contribution < 1.29 is 9.53 Å². The van der Waals surface area contributed by atoms with Crippen LogP contribution < -0.4 is 0 Å². The highest BCUT2D eigenvalue weighted by Gasteiger charge is 2.47. The van der Waals surface area contributed by atoms with Gasteiger partial charge < -0.3 is 9.64 Å². The first kappa shape index (κ1) is 17.5. The minimum atomic E-state index is -0.389. The Balaban J connectivity index is 1.51. The zero-order chi connectivity index (χ0) is 18.6. The van der Waals surface area contributed by atoms with Gasteiger partial charge in [-0.2, -0.15) is 0 Å². The molecule has 136 valence electrons. The van der Waals surface area contributed by atoms with Crippen molar-refractivity contribution in [1.29, 1.82) is 0 Å². The van der Waals surface area contributed by atoms with Crippen molar-refractivity contribution in [2.75, 3.05) is 0 Å². The van der Waals surface area contributed by atoms with E-state index >= 15 is 0 Å². The van der Waals surface area contributed by atoms with Crippen LogP contribution in [0.2, 0.25) is 0 Å². The number of rotatable bonds is 6. The quantitative estimate of drug-likeness (QED) is 0.601. The zero-order valence-electron chi connectivity index (χ0n) is 15.4. The van der Waals surface area contributed by atoms with E-state index in [4.69, 9.17) is 4.74 Å². The molecule has 0 aromatic heterocycles. The van der Waals surface area contributed by atoms with E-state index in [1.807, 2.05) is 53.4 Å². The molecule has 1 heterocycles. The molecule has 1 aliphatic rings. The van der Waals surface area contributed by atoms with Crippen LogP contribution in [0, 0.1) is 6.92 Å². The van der Waals surface area contributed by atoms with Gasteiger partial charge in [-0.05, 0) is 23.6 Å². The molecule has 0 spiro atoms. The first-order valence-corrected chi connectivity index (χ1v) is 9.29. The van der Waals surface area contributed by atoms with Crippen LogP contribution in [-0.2, 0) is 22.6 Å². The van der Waals surface area contributed by atoms with Crippen molar-refractivity contribution in [3.05, 3.63) is 107 Å². The lowest BCUT2D eigenvalue weighted by Gasteiger charge is -2.22. The SMILES string of the molecule is Cc1ccc([C@@H]2O[C@H]2C(=O)N(Cc2ccccc2)Cc2ccccc2)cc1. The molecule has 0 aliphatic carbocycles. The van der Waals surface area contributed by atoms with Crippen LogP contribution in [0.1, 0.15) is 28.4 Å². The Labute approximate surface area is 160 Å². The summed E-state index contributed by atoms with van der Waals surface area (Å²) in [6.07, 6.45) is -0.521. The first-order chi connectivity index (χ1) is 13.2. The van der Waals surface area contributed by atoms with Crippen molar-refractivity contribution in [3.8, 4) is 0 Å². The van der Waals surface area contributed by atoms with E-state index in [2.05, 4.69) is 43.3 Å². The number of epoxide rings is 1. The summed E-state index contributed by atoms with van der Waals surface area (Å²) in [4.78, 5) is 15.1. The van der Waals surface area contributed by atoms with Gasteiger partial charge in [-0.25, -0.2) is 0 Å². The summed E-state index contributed by atoms with van der Waals surface area (Å²) in [7, 11) is 0.